The molecule has 252 valence electrons. The van der Waals surface area contributed by atoms with Gasteiger partial charge < -0.3 is 30.2 Å². The SMILES string of the molecule is Cc1ccc(N(c2ccc(C)cc2)c2ccc(C3C(O)C(c4ccc(N(c5ccc(C)cc5)c5ccc(C)cc5)cc4O)C3O)c(O)c2)cc1. The Morgan fingerprint density at radius 2 is 0.600 bits per heavy atom. The van der Waals surface area contributed by atoms with E-state index in [0.29, 0.717) is 11.1 Å². The zero-order valence-electron chi connectivity index (χ0n) is 28.7. The van der Waals surface area contributed by atoms with Crippen LogP contribution < -0.4 is 9.80 Å². The summed E-state index contributed by atoms with van der Waals surface area (Å²) in [6, 6.07) is 43.5. The van der Waals surface area contributed by atoms with Gasteiger partial charge in [-0.3, -0.25) is 0 Å². The lowest BCUT2D eigenvalue weighted by molar-refractivity contribution is -0.0797. The number of aliphatic hydroxyl groups excluding tert-OH is 2. The topological polar surface area (TPSA) is 87.4 Å². The molecule has 6 heteroatoms. The second kappa shape index (κ2) is 13.4. The summed E-state index contributed by atoms with van der Waals surface area (Å²) < 4.78 is 0. The van der Waals surface area contributed by atoms with E-state index < -0.39 is 24.0 Å². The van der Waals surface area contributed by atoms with Gasteiger partial charge in [0, 0.05) is 69.2 Å². The molecular weight excluding hydrogens is 620 g/mol. The van der Waals surface area contributed by atoms with Gasteiger partial charge in [-0.2, -0.15) is 0 Å². The fourth-order valence-corrected chi connectivity index (χ4v) is 7.02. The van der Waals surface area contributed by atoms with Gasteiger partial charge in [0.25, 0.3) is 0 Å². The van der Waals surface area contributed by atoms with E-state index in [9.17, 15) is 20.4 Å². The van der Waals surface area contributed by atoms with Gasteiger partial charge in [-0.15, -0.1) is 0 Å². The Morgan fingerprint density at radius 1 is 0.360 bits per heavy atom. The number of aryl methyl sites for hydroxylation is 4. The van der Waals surface area contributed by atoms with Crippen LogP contribution in [0, 0.1) is 27.7 Å². The molecular formula is C44H42N2O4. The van der Waals surface area contributed by atoms with E-state index in [1.165, 1.54) is 0 Å². The van der Waals surface area contributed by atoms with Crippen molar-refractivity contribution in [2.24, 2.45) is 0 Å². The van der Waals surface area contributed by atoms with Crippen LogP contribution in [-0.4, -0.2) is 32.6 Å². The number of aliphatic hydroxyl groups is 2. The van der Waals surface area contributed by atoms with E-state index in [4.69, 9.17) is 0 Å². The Balaban J connectivity index is 1.16. The molecule has 0 spiro atoms. The number of aromatic hydroxyl groups is 2. The molecule has 0 amide bonds. The lowest BCUT2D eigenvalue weighted by atomic mass is 9.63. The van der Waals surface area contributed by atoms with Crippen molar-refractivity contribution in [2.75, 3.05) is 9.80 Å². The van der Waals surface area contributed by atoms with Crippen LogP contribution in [0.5, 0.6) is 11.5 Å². The second-order valence-corrected chi connectivity index (χ2v) is 13.5. The average molecular weight is 663 g/mol. The molecule has 6 aromatic rings. The summed E-state index contributed by atoms with van der Waals surface area (Å²) in [5.41, 5.74) is 10.8. The Morgan fingerprint density at radius 3 is 0.840 bits per heavy atom. The summed E-state index contributed by atoms with van der Waals surface area (Å²) in [6.07, 6.45) is -2.04. The van der Waals surface area contributed by atoms with Crippen LogP contribution in [0.3, 0.4) is 0 Å². The molecule has 4 N–H and O–H groups in total. The highest BCUT2D eigenvalue weighted by Gasteiger charge is 2.52. The predicted octanol–water partition coefficient (Wildman–Crippen LogP) is 9.87. The highest BCUT2D eigenvalue weighted by atomic mass is 16.3. The minimum atomic E-state index is -1.02. The van der Waals surface area contributed by atoms with Gasteiger partial charge in [-0.25, -0.2) is 0 Å². The van der Waals surface area contributed by atoms with Gasteiger partial charge in [-0.05, 0) is 88.4 Å². The lowest BCUT2D eigenvalue weighted by Crippen LogP contribution is -2.51. The number of benzene rings is 6. The average Bonchev–Trinajstić information content (AvgIpc) is 3.10. The zero-order valence-corrected chi connectivity index (χ0v) is 28.7. The van der Waals surface area contributed by atoms with Crippen molar-refractivity contribution >= 4 is 34.1 Å². The van der Waals surface area contributed by atoms with Crippen LogP contribution in [-0.2, 0) is 0 Å². The third-order valence-corrected chi connectivity index (χ3v) is 9.90. The van der Waals surface area contributed by atoms with Crippen molar-refractivity contribution in [1.82, 2.24) is 0 Å². The van der Waals surface area contributed by atoms with Crippen LogP contribution in [0.4, 0.5) is 34.1 Å². The molecule has 1 saturated carbocycles. The third kappa shape index (κ3) is 6.20. The monoisotopic (exact) mass is 662 g/mol. The Labute approximate surface area is 293 Å². The molecule has 0 radical (unpaired) electrons. The molecule has 0 unspecified atom stereocenters. The van der Waals surface area contributed by atoms with E-state index >= 15 is 0 Å². The number of anilines is 6. The van der Waals surface area contributed by atoms with Gasteiger partial charge in [0.05, 0.1) is 12.2 Å². The summed E-state index contributed by atoms with van der Waals surface area (Å²) in [7, 11) is 0. The van der Waals surface area contributed by atoms with Crippen molar-refractivity contribution in [3.05, 3.63) is 167 Å². The first kappa shape index (κ1) is 33.0. The van der Waals surface area contributed by atoms with Crippen LogP contribution in [0.15, 0.2) is 133 Å². The normalized spacial score (nSPS) is 18.4. The molecule has 50 heavy (non-hydrogen) atoms. The smallest absolute Gasteiger partial charge is 0.121 e. The third-order valence-electron chi connectivity index (χ3n) is 9.90. The summed E-state index contributed by atoms with van der Waals surface area (Å²) in [6.45, 7) is 8.18. The maximum atomic E-state index is 11.5. The summed E-state index contributed by atoms with van der Waals surface area (Å²) in [5, 5.41) is 45.6. The number of phenols is 2. The lowest BCUT2D eigenvalue weighted by Gasteiger charge is -2.47. The molecule has 1 fully saturated rings. The van der Waals surface area contributed by atoms with Crippen LogP contribution in [0.2, 0.25) is 0 Å². The number of nitrogens with zero attached hydrogens (tertiary/aromatic N) is 2. The first-order valence-electron chi connectivity index (χ1n) is 17.0. The van der Waals surface area contributed by atoms with Crippen LogP contribution >= 0.6 is 0 Å². The minimum absolute atomic E-state index is 0.0142. The number of hydrogen-bond acceptors (Lipinski definition) is 6. The first-order chi connectivity index (χ1) is 24.1. The molecule has 0 atom stereocenters. The van der Waals surface area contributed by atoms with E-state index in [0.717, 1.165) is 56.4 Å². The zero-order chi connectivity index (χ0) is 35.1. The Hall–Kier alpha value is -5.56. The van der Waals surface area contributed by atoms with Gasteiger partial charge in [-0.1, -0.05) is 82.9 Å². The van der Waals surface area contributed by atoms with Crippen LogP contribution in [0.1, 0.15) is 45.2 Å². The van der Waals surface area contributed by atoms with Crippen molar-refractivity contribution in [2.45, 2.75) is 51.7 Å². The molecule has 0 aromatic heterocycles. The van der Waals surface area contributed by atoms with Crippen molar-refractivity contribution in [1.29, 1.82) is 0 Å². The van der Waals surface area contributed by atoms with Crippen LogP contribution in [0.25, 0.3) is 0 Å². The first-order valence-corrected chi connectivity index (χ1v) is 17.0. The standard InChI is InChI=1S/C44H42N2O4/c1-27-5-13-31(14-6-27)45(32-15-7-28(2)8-16-32)35-21-23-37(39(47)25-35)41-43(49)42(44(41)50)38-24-22-36(26-40(38)48)46(33-17-9-29(3)10-18-33)34-19-11-30(4)12-20-34/h5-26,41-44,47-50H,1-4H3. The summed E-state index contributed by atoms with van der Waals surface area (Å²) in [5.74, 6) is -1.48. The highest BCUT2D eigenvalue weighted by molar-refractivity contribution is 5.79. The van der Waals surface area contributed by atoms with E-state index in [-0.39, 0.29) is 11.5 Å². The molecule has 1 aliphatic rings. The molecule has 6 nitrogen and oxygen atoms in total. The molecule has 0 heterocycles. The fraction of sp³-hybridized carbons (Fsp3) is 0.182. The van der Waals surface area contributed by atoms with E-state index in [1.807, 2.05) is 88.4 Å². The minimum Gasteiger partial charge on any atom is -0.508 e. The molecule has 1 aliphatic carbocycles. The Bertz CT molecular complexity index is 1860. The van der Waals surface area contributed by atoms with Crippen molar-refractivity contribution in [3.8, 4) is 11.5 Å². The maximum Gasteiger partial charge on any atom is 0.121 e. The van der Waals surface area contributed by atoms with E-state index in [1.54, 1.807) is 24.3 Å². The predicted molar refractivity (Wildman–Crippen MR) is 202 cm³/mol. The molecule has 6 aromatic carbocycles. The van der Waals surface area contributed by atoms with E-state index in [2.05, 4.69) is 58.3 Å². The molecule has 0 saturated heterocycles. The number of phenolic OH excluding ortho intramolecular Hbond substituents is 2. The quantitative estimate of drug-likeness (QED) is 0.130. The van der Waals surface area contributed by atoms with Gasteiger partial charge in [0.1, 0.15) is 11.5 Å². The largest absolute Gasteiger partial charge is 0.508 e. The highest BCUT2D eigenvalue weighted by Crippen LogP contribution is 2.53. The van der Waals surface area contributed by atoms with Crippen molar-refractivity contribution < 1.29 is 20.4 Å². The summed E-state index contributed by atoms with van der Waals surface area (Å²) in [4.78, 5) is 4.13. The number of rotatable bonds is 8. The fourth-order valence-electron chi connectivity index (χ4n) is 7.02. The van der Waals surface area contributed by atoms with Gasteiger partial charge >= 0.3 is 0 Å². The maximum absolute atomic E-state index is 11.5. The molecule has 7 rings (SSSR count). The number of hydrogen-bond donors (Lipinski definition) is 4. The van der Waals surface area contributed by atoms with Gasteiger partial charge in [0.2, 0.25) is 0 Å². The summed E-state index contributed by atoms with van der Waals surface area (Å²) >= 11 is 0. The molecule has 0 aliphatic heterocycles. The van der Waals surface area contributed by atoms with Crippen molar-refractivity contribution in [3.63, 3.8) is 0 Å². The Kier molecular flexibility index (Phi) is 8.83. The van der Waals surface area contributed by atoms with Gasteiger partial charge in [0.15, 0.2) is 0 Å². The molecule has 0 bridgehead atoms. The second-order valence-electron chi connectivity index (χ2n) is 13.5.